The monoisotopic (exact) mass is 168 g/mol. The lowest BCUT2D eigenvalue weighted by molar-refractivity contribution is 0.279. The molecule has 12 heavy (non-hydrogen) atoms. The Bertz CT molecular complexity index is 141. The van der Waals surface area contributed by atoms with E-state index in [9.17, 15) is 0 Å². The van der Waals surface area contributed by atoms with Crippen molar-refractivity contribution in [2.75, 3.05) is 6.54 Å². The zero-order chi connectivity index (χ0) is 8.39. The molecule has 1 aliphatic carbocycles. The summed E-state index contributed by atoms with van der Waals surface area (Å²) in [7, 11) is 0. The largest absolute Gasteiger partial charge is 0.327 e. The molecule has 3 unspecified atom stereocenters. The van der Waals surface area contributed by atoms with E-state index in [1.165, 1.54) is 45.1 Å². The maximum atomic E-state index is 6.07. The van der Waals surface area contributed by atoms with Crippen LogP contribution in [-0.2, 0) is 0 Å². The number of piperidine rings is 1. The Morgan fingerprint density at radius 2 is 1.92 bits per heavy atom. The molecule has 3 atom stereocenters. The van der Waals surface area contributed by atoms with Crippen LogP contribution in [0.15, 0.2) is 0 Å². The molecule has 0 radical (unpaired) electrons. The smallest absolute Gasteiger partial charge is 0.0110 e. The van der Waals surface area contributed by atoms with Crippen molar-refractivity contribution >= 4 is 0 Å². The van der Waals surface area contributed by atoms with Crippen molar-refractivity contribution in [3.05, 3.63) is 0 Å². The van der Waals surface area contributed by atoms with Crippen molar-refractivity contribution in [2.45, 2.75) is 50.6 Å². The summed E-state index contributed by atoms with van der Waals surface area (Å²) in [6, 6.07) is 1.23. The zero-order valence-electron chi connectivity index (χ0n) is 7.76. The summed E-state index contributed by atoms with van der Waals surface area (Å²) in [4.78, 5) is 0. The van der Waals surface area contributed by atoms with Crippen molar-refractivity contribution in [2.24, 2.45) is 11.7 Å². The molecule has 2 fully saturated rings. The van der Waals surface area contributed by atoms with Crippen LogP contribution in [0.2, 0.25) is 0 Å². The molecule has 2 rings (SSSR count). The van der Waals surface area contributed by atoms with E-state index in [0.29, 0.717) is 6.04 Å². The van der Waals surface area contributed by atoms with Crippen molar-refractivity contribution in [1.82, 2.24) is 5.32 Å². The van der Waals surface area contributed by atoms with Gasteiger partial charge in [-0.25, -0.2) is 0 Å². The predicted molar refractivity (Wildman–Crippen MR) is 51.0 cm³/mol. The molecule has 1 aliphatic heterocycles. The summed E-state index contributed by atoms with van der Waals surface area (Å²) >= 11 is 0. The van der Waals surface area contributed by atoms with Gasteiger partial charge in [0.15, 0.2) is 0 Å². The molecule has 2 heteroatoms. The van der Waals surface area contributed by atoms with Crippen LogP contribution >= 0.6 is 0 Å². The van der Waals surface area contributed by atoms with Crippen molar-refractivity contribution in [1.29, 1.82) is 0 Å². The Labute approximate surface area is 74.9 Å². The van der Waals surface area contributed by atoms with Gasteiger partial charge in [-0.1, -0.05) is 12.8 Å². The Kier molecular flexibility index (Phi) is 2.66. The molecule has 1 saturated heterocycles. The maximum absolute atomic E-state index is 6.07. The zero-order valence-corrected chi connectivity index (χ0v) is 7.76. The van der Waals surface area contributed by atoms with Crippen LogP contribution in [0.3, 0.4) is 0 Å². The molecular formula is C10H20N2. The predicted octanol–water partition coefficient (Wildman–Crippen LogP) is 1.26. The van der Waals surface area contributed by atoms with E-state index in [4.69, 9.17) is 5.73 Å². The minimum Gasteiger partial charge on any atom is -0.327 e. The highest BCUT2D eigenvalue weighted by Crippen LogP contribution is 2.30. The molecule has 0 spiro atoms. The number of hydrogen-bond donors (Lipinski definition) is 2. The maximum Gasteiger partial charge on any atom is 0.0110 e. The first kappa shape index (κ1) is 8.52. The van der Waals surface area contributed by atoms with Gasteiger partial charge in [0.2, 0.25) is 0 Å². The van der Waals surface area contributed by atoms with Gasteiger partial charge in [0.05, 0.1) is 0 Å². The van der Waals surface area contributed by atoms with Gasteiger partial charge in [0.1, 0.15) is 0 Å². The van der Waals surface area contributed by atoms with Gasteiger partial charge < -0.3 is 11.1 Å². The average Bonchev–Trinajstić information content (AvgIpc) is 2.53. The number of nitrogens with two attached hydrogens (primary N) is 1. The summed E-state index contributed by atoms with van der Waals surface area (Å²) in [6.45, 7) is 1.22. The fourth-order valence-electron chi connectivity index (χ4n) is 2.76. The van der Waals surface area contributed by atoms with E-state index < -0.39 is 0 Å². The van der Waals surface area contributed by atoms with Gasteiger partial charge in [-0.2, -0.15) is 0 Å². The highest BCUT2D eigenvalue weighted by molar-refractivity contribution is 4.90. The first-order chi connectivity index (χ1) is 5.88. The van der Waals surface area contributed by atoms with E-state index in [-0.39, 0.29) is 0 Å². The van der Waals surface area contributed by atoms with Crippen LogP contribution in [0, 0.1) is 5.92 Å². The third-order valence-corrected chi connectivity index (χ3v) is 3.49. The minimum atomic E-state index is 0.487. The molecule has 2 aliphatic rings. The lowest BCUT2D eigenvalue weighted by atomic mass is 9.89. The van der Waals surface area contributed by atoms with Crippen LogP contribution in [0.1, 0.15) is 38.5 Å². The molecule has 70 valence electrons. The van der Waals surface area contributed by atoms with Gasteiger partial charge in [-0.3, -0.25) is 0 Å². The Balaban J connectivity index is 1.89. The van der Waals surface area contributed by atoms with Gasteiger partial charge >= 0.3 is 0 Å². The summed E-state index contributed by atoms with van der Waals surface area (Å²) in [6.07, 6.45) is 8.09. The Morgan fingerprint density at radius 1 is 1.00 bits per heavy atom. The van der Waals surface area contributed by atoms with Gasteiger partial charge in [-0.15, -0.1) is 0 Å². The van der Waals surface area contributed by atoms with Crippen molar-refractivity contribution < 1.29 is 0 Å². The number of nitrogens with one attached hydrogen (secondary N) is 1. The van der Waals surface area contributed by atoms with Crippen molar-refractivity contribution in [3.8, 4) is 0 Å². The van der Waals surface area contributed by atoms with Gasteiger partial charge in [0.25, 0.3) is 0 Å². The quantitative estimate of drug-likeness (QED) is 0.618. The highest BCUT2D eigenvalue weighted by atomic mass is 14.9. The van der Waals surface area contributed by atoms with E-state index >= 15 is 0 Å². The summed E-state index contributed by atoms with van der Waals surface area (Å²) in [5, 5.41) is 3.61. The van der Waals surface area contributed by atoms with E-state index in [0.717, 1.165) is 12.0 Å². The van der Waals surface area contributed by atoms with E-state index in [1.54, 1.807) is 0 Å². The molecule has 3 N–H and O–H groups in total. The summed E-state index contributed by atoms with van der Waals surface area (Å²) in [5.74, 6) is 0.783. The van der Waals surface area contributed by atoms with Crippen LogP contribution < -0.4 is 11.1 Å². The highest BCUT2D eigenvalue weighted by Gasteiger charge is 2.31. The summed E-state index contributed by atoms with van der Waals surface area (Å²) in [5.41, 5.74) is 6.07. The molecule has 0 aromatic carbocycles. The fraction of sp³-hybridized carbons (Fsp3) is 1.00. The molecule has 0 bridgehead atoms. The lowest BCUT2D eigenvalue weighted by Crippen LogP contribution is -2.45. The SMILES string of the molecule is NC1CCCC1C1CCCCN1. The molecular weight excluding hydrogens is 148 g/mol. The van der Waals surface area contributed by atoms with Crippen LogP contribution in [0.4, 0.5) is 0 Å². The molecule has 1 saturated carbocycles. The topological polar surface area (TPSA) is 38.0 Å². The first-order valence-corrected chi connectivity index (χ1v) is 5.37. The van der Waals surface area contributed by atoms with Gasteiger partial charge in [0, 0.05) is 12.1 Å². The van der Waals surface area contributed by atoms with E-state index in [2.05, 4.69) is 5.32 Å². The van der Waals surface area contributed by atoms with Crippen LogP contribution in [-0.4, -0.2) is 18.6 Å². The average molecular weight is 168 g/mol. The molecule has 2 nitrogen and oxygen atoms in total. The molecule has 0 aromatic rings. The lowest BCUT2D eigenvalue weighted by Gasteiger charge is -2.31. The van der Waals surface area contributed by atoms with E-state index in [1.807, 2.05) is 0 Å². The third-order valence-electron chi connectivity index (χ3n) is 3.49. The third kappa shape index (κ3) is 1.64. The van der Waals surface area contributed by atoms with Crippen LogP contribution in [0.5, 0.6) is 0 Å². The van der Waals surface area contributed by atoms with Crippen LogP contribution in [0.25, 0.3) is 0 Å². The number of rotatable bonds is 1. The second-order valence-electron chi connectivity index (χ2n) is 4.32. The molecule has 0 aromatic heterocycles. The normalized spacial score (nSPS) is 43.2. The molecule has 0 amide bonds. The van der Waals surface area contributed by atoms with Crippen molar-refractivity contribution in [3.63, 3.8) is 0 Å². The fourth-order valence-corrected chi connectivity index (χ4v) is 2.76. The number of hydrogen-bond acceptors (Lipinski definition) is 2. The Hall–Kier alpha value is -0.0800. The summed E-state index contributed by atoms with van der Waals surface area (Å²) < 4.78 is 0. The van der Waals surface area contributed by atoms with Gasteiger partial charge in [-0.05, 0) is 38.1 Å². The standard InChI is InChI=1S/C10H20N2/c11-9-5-3-4-8(9)10-6-1-2-7-12-10/h8-10,12H,1-7,11H2. The first-order valence-electron chi connectivity index (χ1n) is 5.37. The molecule has 1 heterocycles. The second kappa shape index (κ2) is 3.75. The minimum absolute atomic E-state index is 0.487. The second-order valence-corrected chi connectivity index (χ2v) is 4.32. The Morgan fingerprint density at radius 3 is 2.50 bits per heavy atom.